The minimum atomic E-state index is 0.0266. The van der Waals surface area contributed by atoms with E-state index in [9.17, 15) is 4.79 Å². The van der Waals surface area contributed by atoms with Crippen LogP contribution in [-0.4, -0.2) is 5.78 Å². The summed E-state index contributed by atoms with van der Waals surface area (Å²) in [5, 5.41) is 0. The van der Waals surface area contributed by atoms with Gasteiger partial charge in [0.05, 0.1) is 0 Å². The molecular formula is C23H28O. The maximum atomic E-state index is 12.7. The predicted octanol–water partition coefficient (Wildman–Crippen LogP) is 5.95. The number of benzene rings is 2. The Morgan fingerprint density at radius 2 is 1.54 bits per heavy atom. The van der Waals surface area contributed by atoms with Crippen LogP contribution in [0.15, 0.2) is 24.3 Å². The Balaban J connectivity index is 2.39. The van der Waals surface area contributed by atoms with Crippen LogP contribution in [0.1, 0.15) is 65.9 Å². The molecule has 0 spiro atoms. The molecule has 0 saturated carbocycles. The van der Waals surface area contributed by atoms with E-state index in [0.29, 0.717) is 5.78 Å². The number of rotatable bonds is 1. The second-order valence-electron chi connectivity index (χ2n) is 8.55. The Hall–Kier alpha value is -1.89. The summed E-state index contributed by atoms with van der Waals surface area (Å²) in [6, 6.07) is 8.90. The summed E-state index contributed by atoms with van der Waals surface area (Å²) in [6.07, 6.45) is 0.863. The molecule has 1 heteroatoms. The van der Waals surface area contributed by atoms with Gasteiger partial charge in [-0.05, 0) is 66.5 Å². The van der Waals surface area contributed by atoms with Crippen LogP contribution in [0.3, 0.4) is 0 Å². The van der Waals surface area contributed by atoms with Crippen molar-refractivity contribution in [3.05, 3.63) is 57.6 Å². The Labute approximate surface area is 146 Å². The van der Waals surface area contributed by atoms with Crippen molar-refractivity contribution < 1.29 is 4.79 Å². The molecule has 1 unspecified atom stereocenters. The molecular weight excluding hydrogens is 292 g/mol. The average Bonchev–Trinajstić information content (AvgIpc) is 2.71. The molecule has 0 radical (unpaired) electrons. The highest BCUT2D eigenvalue weighted by Crippen LogP contribution is 2.42. The molecule has 24 heavy (non-hydrogen) atoms. The number of hydrogen-bond acceptors (Lipinski definition) is 1. The molecule has 2 aromatic carbocycles. The predicted molar refractivity (Wildman–Crippen MR) is 102 cm³/mol. The fraction of sp³-hybridized carbons (Fsp3) is 0.435. The summed E-state index contributed by atoms with van der Waals surface area (Å²) in [5.41, 5.74) is 9.95. The van der Waals surface area contributed by atoms with Crippen LogP contribution in [0.25, 0.3) is 11.1 Å². The Morgan fingerprint density at radius 3 is 2.08 bits per heavy atom. The molecule has 126 valence electrons. The molecule has 0 aliphatic heterocycles. The molecule has 3 rings (SSSR count). The lowest BCUT2D eigenvalue weighted by atomic mass is 9.78. The zero-order valence-electron chi connectivity index (χ0n) is 16.0. The van der Waals surface area contributed by atoms with Gasteiger partial charge in [0.1, 0.15) is 0 Å². The third-order valence-corrected chi connectivity index (χ3v) is 5.24. The molecule has 1 atom stereocenters. The summed E-state index contributed by atoms with van der Waals surface area (Å²) in [4.78, 5) is 12.7. The maximum Gasteiger partial charge on any atom is 0.166 e. The van der Waals surface area contributed by atoms with Gasteiger partial charge in [0, 0.05) is 11.5 Å². The van der Waals surface area contributed by atoms with Crippen molar-refractivity contribution in [2.24, 2.45) is 5.92 Å². The molecule has 0 amide bonds. The topological polar surface area (TPSA) is 17.1 Å². The molecule has 2 aromatic rings. The van der Waals surface area contributed by atoms with Crippen LogP contribution in [-0.2, 0) is 11.8 Å². The van der Waals surface area contributed by atoms with E-state index in [4.69, 9.17) is 0 Å². The third kappa shape index (κ3) is 2.70. The average molecular weight is 320 g/mol. The first-order chi connectivity index (χ1) is 11.1. The van der Waals surface area contributed by atoms with Crippen LogP contribution in [0.5, 0.6) is 0 Å². The number of ketones is 1. The van der Waals surface area contributed by atoms with Crippen LogP contribution < -0.4 is 0 Å². The molecule has 0 aromatic heterocycles. The number of fused-ring (bicyclic) bond motifs is 1. The van der Waals surface area contributed by atoms with Crippen molar-refractivity contribution in [2.45, 2.75) is 60.3 Å². The van der Waals surface area contributed by atoms with Crippen molar-refractivity contribution in [3.8, 4) is 11.1 Å². The molecule has 0 N–H and O–H groups in total. The van der Waals surface area contributed by atoms with Gasteiger partial charge in [-0.2, -0.15) is 0 Å². The summed E-state index contributed by atoms with van der Waals surface area (Å²) < 4.78 is 0. The standard InChI is InChI=1S/C23H28O/c1-13-8-14(2)10-17(9-13)21-16(4)20(23(5,6)7)12-19-18(21)11-15(3)22(19)24/h8-10,12,15H,11H2,1-7H3. The summed E-state index contributed by atoms with van der Waals surface area (Å²) in [7, 11) is 0. The fourth-order valence-electron chi connectivity index (χ4n) is 4.22. The van der Waals surface area contributed by atoms with Gasteiger partial charge in [-0.15, -0.1) is 0 Å². The highest BCUT2D eigenvalue weighted by atomic mass is 16.1. The first kappa shape index (κ1) is 17.0. The normalized spacial score (nSPS) is 17.3. The minimum Gasteiger partial charge on any atom is -0.294 e. The van der Waals surface area contributed by atoms with Gasteiger partial charge in [-0.3, -0.25) is 4.79 Å². The maximum absolute atomic E-state index is 12.7. The van der Waals surface area contributed by atoms with E-state index in [-0.39, 0.29) is 11.3 Å². The largest absolute Gasteiger partial charge is 0.294 e. The van der Waals surface area contributed by atoms with E-state index in [1.165, 1.54) is 38.9 Å². The molecule has 1 aliphatic rings. The van der Waals surface area contributed by atoms with Gasteiger partial charge in [0.2, 0.25) is 0 Å². The van der Waals surface area contributed by atoms with Gasteiger partial charge in [0.25, 0.3) is 0 Å². The monoisotopic (exact) mass is 320 g/mol. The second kappa shape index (κ2) is 5.58. The van der Waals surface area contributed by atoms with Crippen LogP contribution in [0.2, 0.25) is 0 Å². The third-order valence-electron chi connectivity index (χ3n) is 5.24. The van der Waals surface area contributed by atoms with E-state index >= 15 is 0 Å². The molecule has 0 fully saturated rings. The number of Topliss-reactive ketones (excluding diaryl/α,β-unsaturated/α-hetero) is 1. The van der Waals surface area contributed by atoms with Gasteiger partial charge >= 0.3 is 0 Å². The highest BCUT2D eigenvalue weighted by molar-refractivity contribution is 6.04. The van der Waals surface area contributed by atoms with Gasteiger partial charge in [0.15, 0.2) is 5.78 Å². The summed E-state index contributed by atoms with van der Waals surface area (Å²) in [6.45, 7) is 15.3. The molecule has 1 aliphatic carbocycles. The Bertz CT molecular complexity index is 814. The lowest BCUT2D eigenvalue weighted by Gasteiger charge is -2.26. The van der Waals surface area contributed by atoms with E-state index < -0.39 is 0 Å². The smallest absolute Gasteiger partial charge is 0.166 e. The van der Waals surface area contributed by atoms with Crippen LogP contribution in [0, 0.1) is 26.7 Å². The number of aryl methyl sites for hydroxylation is 2. The summed E-state index contributed by atoms with van der Waals surface area (Å²) >= 11 is 0. The molecule has 0 bridgehead atoms. The first-order valence-electron chi connectivity index (χ1n) is 8.89. The Kier molecular flexibility index (Phi) is 3.94. The number of carbonyl (C=O) groups excluding carboxylic acids is 1. The second-order valence-corrected chi connectivity index (χ2v) is 8.55. The quantitative estimate of drug-likeness (QED) is 0.634. The van der Waals surface area contributed by atoms with Crippen molar-refractivity contribution in [1.29, 1.82) is 0 Å². The zero-order chi connectivity index (χ0) is 17.8. The van der Waals surface area contributed by atoms with Gasteiger partial charge < -0.3 is 0 Å². The van der Waals surface area contributed by atoms with Crippen LogP contribution >= 0.6 is 0 Å². The van der Waals surface area contributed by atoms with Crippen LogP contribution in [0.4, 0.5) is 0 Å². The molecule has 1 nitrogen and oxygen atoms in total. The van der Waals surface area contributed by atoms with Crippen molar-refractivity contribution in [1.82, 2.24) is 0 Å². The first-order valence-corrected chi connectivity index (χ1v) is 8.89. The van der Waals surface area contributed by atoms with E-state index in [1.807, 2.05) is 0 Å². The van der Waals surface area contributed by atoms with Crippen molar-refractivity contribution >= 4 is 5.78 Å². The van der Waals surface area contributed by atoms with Crippen molar-refractivity contribution in [2.75, 3.05) is 0 Å². The number of carbonyl (C=O) groups is 1. The minimum absolute atomic E-state index is 0.0266. The van der Waals surface area contributed by atoms with Gasteiger partial charge in [-0.1, -0.05) is 57.0 Å². The van der Waals surface area contributed by atoms with Crippen molar-refractivity contribution in [3.63, 3.8) is 0 Å². The van der Waals surface area contributed by atoms with E-state index in [0.717, 1.165) is 12.0 Å². The lowest BCUT2D eigenvalue weighted by molar-refractivity contribution is 0.0946. The Morgan fingerprint density at radius 1 is 0.958 bits per heavy atom. The van der Waals surface area contributed by atoms with Gasteiger partial charge in [-0.25, -0.2) is 0 Å². The SMILES string of the molecule is Cc1cc(C)cc(-c2c(C)c(C(C)(C)C)cc3c2CC(C)C3=O)c1. The number of hydrogen-bond donors (Lipinski definition) is 0. The molecule has 0 heterocycles. The van der Waals surface area contributed by atoms with E-state index in [1.54, 1.807) is 0 Å². The lowest BCUT2D eigenvalue weighted by Crippen LogP contribution is -2.15. The fourth-order valence-corrected chi connectivity index (χ4v) is 4.22. The highest BCUT2D eigenvalue weighted by Gasteiger charge is 2.33. The molecule has 0 saturated heterocycles. The summed E-state index contributed by atoms with van der Waals surface area (Å²) in [5.74, 6) is 0.403. The zero-order valence-corrected chi connectivity index (χ0v) is 16.0. The van der Waals surface area contributed by atoms with E-state index in [2.05, 4.69) is 72.7 Å².